The molecule has 0 spiro atoms. The molecule has 4 nitrogen and oxygen atoms in total. The second-order valence-corrected chi connectivity index (χ2v) is 2.47. The summed E-state index contributed by atoms with van der Waals surface area (Å²) >= 11 is 0. The first-order chi connectivity index (χ1) is 6.97. The minimum atomic E-state index is -4.70. The molecule has 0 amide bonds. The third-order valence-electron chi connectivity index (χ3n) is 1.37. The van der Waals surface area contributed by atoms with Crippen molar-refractivity contribution in [2.24, 2.45) is 0 Å². The minimum absolute atomic E-state index is 0.0988. The Morgan fingerprint density at radius 3 is 2.40 bits per heavy atom. The Balaban J connectivity index is 3.26. The van der Waals surface area contributed by atoms with Crippen LogP contribution in [0.5, 0.6) is 0 Å². The highest BCUT2D eigenvalue weighted by Crippen LogP contribution is 2.27. The lowest BCUT2D eigenvalue weighted by Crippen LogP contribution is -2.11. The Hall–Kier alpha value is -2.15. The smallest absolute Gasteiger partial charge is 0.361 e. The van der Waals surface area contributed by atoms with Crippen LogP contribution in [0.4, 0.5) is 19.0 Å². The number of hydrogen-bond donors (Lipinski definition) is 0. The van der Waals surface area contributed by atoms with Gasteiger partial charge in [-0.05, 0) is 6.07 Å². The molecule has 0 bridgehead atoms. The quantitative estimate of drug-likeness (QED) is 0.670. The number of alkyl halides is 3. The summed E-state index contributed by atoms with van der Waals surface area (Å²) < 4.78 is 36.7. The fraction of sp³-hybridized carbons (Fsp3) is 0.250. The monoisotopic (exact) mass is 212 g/mol. The maximum Gasteiger partial charge on any atom is 0.475 e. The first-order valence-corrected chi connectivity index (χ1v) is 3.63. The van der Waals surface area contributed by atoms with Gasteiger partial charge in [0.25, 0.3) is 12.4 Å². The van der Waals surface area contributed by atoms with Crippen LogP contribution in [-0.4, -0.2) is 9.97 Å². The Morgan fingerprint density at radius 2 is 1.93 bits per heavy atom. The molecular weight excluding hydrogens is 209 g/mol. The van der Waals surface area contributed by atoms with Crippen molar-refractivity contribution < 1.29 is 13.2 Å². The van der Waals surface area contributed by atoms with Crippen LogP contribution in [0.25, 0.3) is 9.69 Å². The van der Waals surface area contributed by atoms with Gasteiger partial charge in [0.1, 0.15) is 5.69 Å². The molecule has 0 atom stereocenters. The molecule has 0 aliphatic carbocycles. The second kappa shape index (κ2) is 3.93. The standard InChI is InChI=1S/C8H3F3N4/c1-12-4-5-3-6(13-2)15-7(14-5)8(9,10)11/h3H,4H2. The lowest BCUT2D eigenvalue weighted by atomic mass is 10.3. The van der Waals surface area contributed by atoms with Crippen LogP contribution in [0.3, 0.4) is 0 Å². The maximum absolute atomic E-state index is 12.2. The summed E-state index contributed by atoms with van der Waals surface area (Å²) in [6.45, 7) is 12.8. The molecule has 0 radical (unpaired) electrons. The van der Waals surface area contributed by atoms with Gasteiger partial charge in [-0.1, -0.05) is 11.6 Å². The zero-order chi connectivity index (χ0) is 11.5. The SMILES string of the molecule is [C-]#[N+]Cc1cc([N+]#[C-])nc(C(F)(F)F)n1. The predicted molar refractivity (Wildman–Crippen MR) is 43.6 cm³/mol. The molecule has 0 saturated carbocycles. The molecule has 0 fully saturated rings. The summed E-state index contributed by atoms with van der Waals surface area (Å²) in [5, 5.41) is 0. The highest BCUT2D eigenvalue weighted by Gasteiger charge is 2.39. The van der Waals surface area contributed by atoms with E-state index >= 15 is 0 Å². The summed E-state index contributed by atoms with van der Waals surface area (Å²) in [6, 6.07) is 1.07. The number of hydrogen-bond acceptors (Lipinski definition) is 2. The van der Waals surface area contributed by atoms with Crippen molar-refractivity contribution in [1.82, 2.24) is 9.97 Å². The third-order valence-corrected chi connectivity index (χ3v) is 1.37. The summed E-state index contributed by atoms with van der Waals surface area (Å²) in [6.07, 6.45) is -4.70. The Morgan fingerprint density at radius 1 is 1.27 bits per heavy atom. The molecule has 0 aromatic carbocycles. The molecular formula is C8H3F3N4. The number of rotatable bonds is 1. The zero-order valence-corrected chi connectivity index (χ0v) is 7.21. The van der Waals surface area contributed by atoms with Gasteiger partial charge in [0, 0.05) is 0 Å². The molecule has 1 heterocycles. The van der Waals surface area contributed by atoms with Crippen molar-refractivity contribution in [2.45, 2.75) is 12.7 Å². The van der Waals surface area contributed by atoms with Gasteiger partial charge in [-0.3, -0.25) is 0 Å². The van der Waals surface area contributed by atoms with Gasteiger partial charge >= 0.3 is 12.0 Å². The van der Waals surface area contributed by atoms with E-state index < -0.39 is 17.8 Å². The Labute approximate surface area is 83.0 Å². The molecule has 0 aliphatic rings. The molecule has 0 aliphatic heterocycles. The molecule has 15 heavy (non-hydrogen) atoms. The highest BCUT2D eigenvalue weighted by molar-refractivity contribution is 5.37. The third kappa shape index (κ3) is 2.64. The first kappa shape index (κ1) is 10.9. The van der Waals surface area contributed by atoms with Gasteiger partial charge in [0.05, 0.1) is 0 Å². The van der Waals surface area contributed by atoms with E-state index in [0.717, 1.165) is 6.07 Å². The fourth-order valence-corrected chi connectivity index (χ4v) is 0.829. The normalized spacial score (nSPS) is 10.5. The average Bonchev–Trinajstić information content (AvgIpc) is 2.16. The van der Waals surface area contributed by atoms with Crippen molar-refractivity contribution in [3.63, 3.8) is 0 Å². The fourth-order valence-electron chi connectivity index (χ4n) is 0.829. The highest BCUT2D eigenvalue weighted by atomic mass is 19.4. The van der Waals surface area contributed by atoms with Crippen molar-refractivity contribution in [3.8, 4) is 0 Å². The van der Waals surface area contributed by atoms with Crippen LogP contribution in [0.2, 0.25) is 0 Å². The number of nitrogens with zero attached hydrogens (tertiary/aromatic N) is 4. The van der Waals surface area contributed by atoms with Crippen molar-refractivity contribution >= 4 is 5.82 Å². The summed E-state index contributed by atoms with van der Waals surface area (Å²) in [5.41, 5.74) is -0.0988. The Bertz CT molecular complexity index is 452. The van der Waals surface area contributed by atoms with E-state index in [2.05, 4.69) is 19.7 Å². The van der Waals surface area contributed by atoms with Crippen molar-refractivity contribution in [1.29, 1.82) is 0 Å². The molecule has 0 saturated heterocycles. The van der Waals surface area contributed by atoms with Crippen molar-refractivity contribution in [3.05, 3.63) is 40.4 Å². The zero-order valence-electron chi connectivity index (χ0n) is 7.21. The van der Waals surface area contributed by atoms with Crippen molar-refractivity contribution in [2.75, 3.05) is 0 Å². The average molecular weight is 212 g/mol. The molecule has 7 heteroatoms. The summed E-state index contributed by atoms with van der Waals surface area (Å²) in [4.78, 5) is 11.8. The summed E-state index contributed by atoms with van der Waals surface area (Å²) in [5.74, 6) is -1.79. The molecule has 1 rings (SSSR count). The van der Waals surface area contributed by atoms with Crippen LogP contribution < -0.4 is 0 Å². The van der Waals surface area contributed by atoms with E-state index in [1.165, 1.54) is 0 Å². The van der Waals surface area contributed by atoms with Gasteiger partial charge in [0.2, 0.25) is 0 Å². The van der Waals surface area contributed by atoms with Crippen LogP contribution >= 0.6 is 0 Å². The van der Waals surface area contributed by atoms with Crippen LogP contribution in [0.1, 0.15) is 11.5 Å². The van der Waals surface area contributed by atoms with E-state index in [0.29, 0.717) is 0 Å². The number of halogens is 3. The predicted octanol–water partition coefficient (Wildman–Crippen LogP) is 2.47. The molecule has 76 valence electrons. The lowest BCUT2D eigenvalue weighted by molar-refractivity contribution is -0.145. The number of aromatic nitrogens is 2. The molecule has 0 N–H and O–H groups in total. The minimum Gasteiger partial charge on any atom is -0.361 e. The second-order valence-electron chi connectivity index (χ2n) is 2.47. The van der Waals surface area contributed by atoms with E-state index in [-0.39, 0.29) is 12.2 Å². The van der Waals surface area contributed by atoms with E-state index in [9.17, 15) is 13.2 Å². The van der Waals surface area contributed by atoms with E-state index in [4.69, 9.17) is 13.1 Å². The maximum atomic E-state index is 12.2. The Kier molecular flexibility index (Phi) is 2.86. The van der Waals surface area contributed by atoms with Gasteiger partial charge in [0.15, 0.2) is 0 Å². The van der Waals surface area contributed by atoms with Crippen LogP contribution in [0.15, 0.2) is 6.07 Å². The topological polar surface area (TPSA) is 34.5 Å². The van der Waals surface area contributed by atoms with E-state index in [1.807, 2.05) is 0 Å². The van der Waals surface area contributed by atoms with Crippen LogP contribution in [-0.2, 0) is 12.7 Å². The van der Waals surface area contributed by atoms with Crippen LogP contribution in [0, 0.1) is 13.1 Å². The van der Waals surface area contributed by atoms with Gasteiger partial charge in [-0.2, -0.15) is 13.2 Å². The molecule has 1 aromatic rings. The molecule has 1 aromatic heterocycles. The first-order valence-electron chi connectivity index (χ1n) is 3.63. The lowest BCUT2D eigenvalue weighted by Gasteiger charge is -2.01. The van der Waals surface area contributed by atoms with E-state index in [1.54, 1.807) is 0 Å². The molecule has 0 unspecified atom stereocenters. The largest absolute Gasteiger partial charge is 0.475 e. The van der Waals surface area contributed by atoms with Gasteiger partial charge < -0.3 is 9.69 Å². The van der Waals surface area contributed by atoms with Gasteiger partial charge in [-0.25, -0.2) is 11.6 Å². The van der Waals surface area contributed by atoms with Gasteiger partial charge in [-0.15, -0.1) is 0 Å². The summed E-state index contributed by atoms with van der Waals surface area (Å²) in [7, 11) is 0.